The number of ether oxygens (including phenoxy) is 1. The topological polar surface area (TPSA) is 43.4 Å². The van der Waals surface area contributed by atoms with Gasteiger partial charge in [-0.15, -0.1) is 0 Å². The Labute approximate surface area is 101 Å². The SMILES string of the molecule is CC(C)OC(=S)CS(=O)(=O)c1ccccc1. The summed E-state index contributed by atoms with van der Waals surface area (Å²) in [5.74, 6) is -0.246. The molecule has 1 aromatic rings. The largest absolute Gasteiger partial charge is 0.483 e. The van der Waals surface area contributed by atoms with E-state index in [4.69, 9.17) is 17.0 Å². The highest BCUT2D eigenvalue weighted by Gasteiger charge is 2.17. The van der Waals surface area contributed by atoms with Crippen molar-refractivity contribution < 1.29 is 13.2 Å². The van der Waals surface area contributed by atoms with Gasteiger partial charge in [-0.2, -0.15) is 0 Å². The summed E-state index contributed by atoms with van der Waals surface area (Å²) in [5, 5.41) is 0.110. The van der Waals surface area contributed by atoms with Crippen LogP contribution < -0.4 is 0 Å². The second-order valence-electron chi connectivity index (χ2n) is 3.61. The van der Waals surface area contributed by atoms with Crippen LogP contribution in [0, 0.1) is 0 Å². The van der Waals surface area contributed by atoms with Crippen molar-refractivity contribution in [1.82, 2.24) is 0 Å². The van der Waals surface area contributed by atoms with Gasteiger partial charge < -0.3 is 4.74 Å². The number of benzene rings is 1. The van der Waals surface area contributed by atoms with Crippen molar-refractivity contribution in [2.75, 3.05) is 5.75 Å². The molecule has 1 rings (SSSR count). The van der Waals surface area contributed by atoms with Gasteiger partial charge in [0, 0.05) is 0 Å². The van der Waals surface area contributed by atoms with Gasteiger partial charge in [-0.1, -0.05) is 18.2 Å². The van der Waals surface area contributed by atoms with E-state index in [0.717, 1.165) is 0 Å². The van der Waals surface area contributed by atoms with Crippen LogP contribution >= 0.6 is 12.2 Å². The first kappa shape index (κ1) is 13.1. The Kier molecular flexibility index (Phi) is 4.44. The Morgan fingerprint density at radius 1 is 1.31 bits per heavy atom. The molecule has 0 unspecified atom stereocenters. The standard InChI is InChI=1S/C11H14O3S2/c1-9(2)14-11(15)8-16(12,13)10-6-4-3-5-7-10/h3-7,9H,8H2,1-2H3. The molecule has 0 aliphatic carbocycles. The summed E-state index contributed by atoms with van der Waals surface area (Å²) in [7, 11) is -3.37. The highest BCUT2D eigenvalue weighted by atomic mass is 32.2. The van der Waals surface area contributed by atoms with Crippen LogP contribution in [0.25, 0.3) is 0 Å². The van der Waals surface area contributed by atoms with Crippen molar-refractivity contribution in [3.63, 3.8) is 0 Å². The maximum atomic E-state index is 11.9. The van der Waals surface area contributed by atoms with Crippen LogP contribution in [0.3, 0.4) is 0 Å². The number of hydrogen-bond donors (Lipinski definition) is 0. The maximum absolute atomic E-state index is 11.9. The molecule has 0 fully saturated rings. The van der Waals surface area contributed by atoms with Gasteiger partial charge in [0.2, 0.25) is 0 Å². The lowest BCUT2D eigenvalue weighted by Gasteiger charge is -2.10. The summed E-state index contributed by atoms with van der Waals surface area (Å²) >= 11 is 4.88. The first-order valence-electron chi connectivity index (χ1n) is 4.89. The minimum absolute atomic E-state index is 0.0986. The predicted molar refractivity (Wildman–Crippen MR) is 67.3 cm³/mol. The highest BCUT2D eigenvalue weighted by molar-refractivity contribution is 7.93. The van der Waals surface area contributed by atoms with Crippen molar-refractivity contribution in [2.45, 2.75) is 24.8 Å². The van der Waals surface area contributed by atoms with Crippen molar-refractivity contribution in [3.05, 3.63) is 30.3 Å². The Hall–Kier alpha value is -0.940. The third-order valence-electron chi connectivity index (χ3n) is 1.78. The number of rotatable bonds is 4. The van der Waals surface area contributed by atoms with E-state index >= 15 is 0 Å². The van der Waals surface area contributed by atoms with E-state index in [9.17, 15) is 8.42 Å². The summed E-state index contributed by atoms with van der Waals surface area (Å²) in [6.07, 6.45) is -0.0986. The molecule has 0 saturated carbocycles. The fraction of sp³-hybridized carbons (Fsp3) is 0.364. The Balaban J connectivity index is 2.78. The van der Waals surface area contributed by atoms with Crippen LogP contribution in [0.4, 0.5) is 0 Å². The zero-order valence-electron chi connectivity index (χ0n) is 9.21. The van der Waals surface area contributed by atoms with Crippen LogP contribution in [0.2, 0.25) is 0 Å². The molecule has 0 aromatic heterocycles. The van der Waals surface area contributed by atoms with Gasteiger partial charge in [0.05, 0.1) is 11.0 Å². The van der Waals surface area contributed by atoms with Crippen LogP contribution in [-0.2, 0) is 14.6 Å². The molecule has 0 atom stereocenters. The molecule has 0 radical (unpaired) electrons. The quantitative estimate of drug-likeness (QED) is 0.777. The zero-order valence-corrected chi connectivity index (χ0v) is 10.8. The van der Waals surface area contributed by atoms with Crippen LogP contribution in [0.15, 0.2) is 35.2 Å². The van der Waals surface area contributed by atoms with Crippen molar-refractivity contribution >= 4 is 27.1 Å². The molecule has 0 spiro atoms. The third-order valence-corrected chi connectivity index (χ3v) is 3.83. The molecule has 3 nitrogen and oxygen atoms in total. The smallest absolute Gasteiger partial charge is 0.186 e. The number of sulfone groups is 1. The van der Waals surface area contributed by atoms with E-state index in [-0.39, 0.29) is 21.8 Å². The monoisotopic (exact) mass is 258 g/mol. The van der Waals surface area contributed by atoms with Crippen LogP contribution in [-0.4, -0.2) is 25.3 Å². The molecule has 1 aromatic carbocycles. The normalized spacial score (nSPS) is 11.4. The van der Waals surface area contributed by atoms with E-state index in [0.29, 0.717) is 0 Å². The molecule has 0 heterocycles. The molecule has 0 bridgehead atoms. The Morgan fingerprint density at radius 3 is 2.38 bits per heavy atom. The van der Waals surface area contributed by atoms with Gasteiger partial charge in [-0.05, 0) is 38.2 Å². The first-order valence-corrected chi connectivity index (χ1v) is 6.95. The summed E-state index contributed by atoms with van der Waals surface area (Å²) in [6.45, 7) is 3.61. The van der Waals surface area contributed by atoms with E-state index in [1.807, 2.05) is 0 Å². The third kappa shape index (κ3) is 3.90. The molecule has 0 saturated heterocycles. The number of hydrogen-bond acceptors (Lipinski definition) is 4. The molecule has 0 N–H and O–H groups in total. The summed E-state index contributed by atoms with van der Waals surface area (Å²) in [4.78, 5) is 0.268. The van der Waals surface area contributed by atoms with Gasteiger partial charge in [-0.25, -0.2) is 8.42 Å². The fourth-order valence-corrected chi connectivity index (χ4v) is 2.94. The lowest BCUT2D eigenvalue weighted by atomic mass is 10.4. The van der Waals surface area contributed by atoms with E-state index in [2.05, 4.69) is 0 Å². The average Bonchev–Trinajstić information content (AvgIpc) is 2.16. The molecule has 16 heavy (non-hydrogen) atoms. The lowest BCUT2D eigenvalue weighted by Crippen LogP contribution is -2.20. The van der Waals surface area contributed by atoms with Gasteiger partial charge >= 0.3 is 0 Å². The van der Waals surface area contributed by atoms with Crippen molar-refractivity contribution in [2.24, 2.45) is 0 Å². The molecular weight excluding hydrogens is 244 g/mol. The minimum atomic E-state index is -3.37. The molecule has 0 aliphatic rings. The Bertz CT molecular complexity index is 449. The Morgan fingerprint density at radius 2 is 1.88 bits per heavy atom. The average molecular weight is 258 g/mol. The molecular formula is C11H14O3S2. The molecule has 88 valence electrons. The summed E-state index contributed by atoms with van der Waals surface area (Å²) in [6, 6.07) is 8.22. The second-order valence-corrected chi connectivity index (χ2v) is 6.06. The minimum Gasteiger partial charge on any atom is -0.483 e. The van der Waals surface area contributed by atoms with Gasteiger partial charge in [0.1, 0.15) is 5.75 Å². The predicted octanol–water partition coefficient (Wildman–Crippen LogP) is 2.21. The highest BCUT2D eigenvalue weighted by Crippen LogP contribution is 2.11. The van der Waals surface area contributed by atoms with Crippen LogP contribution in [0.1, 0.15) is 13.8 Å². The first-order chi connectivity index (χ1) is 7.42. The zero-order chi connectivity index (χ0) is 12.2. The summed E-state index contributed by atoms with van der Waals surface area (Å²) < 4.78 is 28.9. The lowest BCUT2D eigenvalue weighted by molar-refractivity contribution is 0.234. The van der Waals surface area contributed by atoms with Crippen molar-refractivity contribution in [1.29, 1.82) is 0 Å². The van der Waals surface area contributed by atoms with Crippen molar-refractivity contribution in [3.8, 4) is 0 Å². The van der Waals surface area contributed by atoms with Gasteiger partial charge in [-0.3, -0.25) is 0 Å². The van der Waals surface area contributed by atoms with Crippen LogP contribution in [0.5, 0.6) is 0 Å². The molecule has 0 amide bonds. The van der Waals surface area contributed by atoms with E-state index in [1.54, 1.807) is 44.2 Å². The van der Waals surface area contributed by atoms with Gasteiger partial charge in [0.25, 0.3) is 0 Å². The maximum Gasteiger partial charge on any atom is 0.186 e. The molecule has 0 aliphatic heterocycles. The van der Waals surface area contributed by atoms with Gasteiger partial charge in [0.15, 0.2) is 14.9 Å². The molecule has 5 heteroatoms. The summed E-state index contributed by atoms with van der Waals surface area (Å²) in [5.41, 5.74) is 0. The van der Waals surface area contributed by atoms with E-state index in [1.165, 1.54) is 0 Å². The van der Waals surface area contributed by atoms with E-state index < -0.39 is 9.84 Å². The second kappa shape index (κ2) is 5.41. The fourth-order valence-electron chi connectivity index (χ4n) is 1.16. The number of thiocarbonyl (C=S) groups is 1.